The number of rotatable bonds is 8. The number of hydrogen-bond acceptors (Lipinski definition) is 5. The largest absolute Gasteiger partial charge is 0.495 e. The number of thiazole rings is 1. The Kier molecular flexibility index (Phi) is 7.29. The van der Waals surface area contributed by atoms with Gasteiger partial charge in [-0.1, -0.05) is 48.9 Å². The van der Waals surface area contributed by atoms with Crippen LogP contribution in [0.4, 0.5) is 10.8 Å². The van der Waals surface area contributed by atoms with Crippen LogP contribution in [-0.4, -0.2) is 21.8 Å². The number of methoxy groups -OCH3 is 1. The van der Waals surface area contributed by atoms with Crippen molar-refractivity contribution in [3.63, 3.8) is 0 Å². The summed E-state index contributed by atoms with van der Waals surface area (Å²) in [7, 11) is 0.0158. The first kappa shape index (κ1) is 23.6. The molecule has 0 aliphatic carbocycles. The number of nitrogens with one attached hydrogen (secondary N) is 2. The third kappa shape index (κ3) is 5.40. The third-order valence-electron chi connectivity index (χ3n) is 5.37. The molecule has 3 rings (SSSR count). The Morgan fingerprint density at radius 2 is 1.90 bits per heavy atom. The number of ether oxygens (including phenoxy) is 1. The molecule has 0 aliphatic rings. The maximum Gasteiger partial charge on any atom is 0.183 e. The van der Waals surface area contributed by atoms with Gasteiger partial charge in [0.15, 0.2) is 16.1 Å². The highest BCUT2D eigenvalue weighted by Crippen LogP contribution is 2.37. The van der Waals surface area contributed by atoms with Crippen LogP contribution >= 0.6 is 22.9 Å². The van der Waals surface area contributed by atoms with Gasteiger partial charge in [0.05, 0.1) is 28.4 Å². The van der Waals surface area contributed by atoms with Crippen molar-refractivity contribution in [2.45, 2.75) is 45.1 Å². The van der Waals surface area contributed by atoms with Crippen molar-refractivity contribution in [3.05, 3.63) is 53.2 Å². The fraction of sp³-hybridized carbons (Fsp3) is 0.348. The minimum Gasteiger partial charge on any atom is -0.495 e. The maximum atomic E-state index is 13.1. The van der Waals surface area contributed by atoms with Crippen LogP contribution in [0.2, 0.25) is 5.02 Å². The average molecular weight is 478 g/mol. The summed E-state index contributed by atoms with van der Waals surface area (Å²) in [5.74, 6) is 0.995. The first-order valence-electron chi connectivity index (χ1n) is 9.99. The van der Waals surface area contributed by atoms with Gasteiger partial charge in [-0.15, -0.1) is 0 Å². The van der Waals surface area contributed by atoms with E-state index in [9.17, 15) is 4.21 Å². The molecule has 1 aromatic heterocycles. The van der Waals surface area contributed by atoms with E-state index in [1.807, 2.05) is 37.3 Å². The van der Waals surface area contributed by atoms with Gasteiger partial charge in [-0.3, -0.25) is 4.72 Å². The van der Waals surface area contributed by atoms with Crippen LogP contribution < -0.4 is 14.8 Å². The minimum absolute atomic E-state index is 0.0764. The molecule has 5 nitrogen and oxygen atoms in total. The summed E-state index contributed by atoms with van der Waals surface area (Å²) in [6.45, 7) is 10.7. The molecule has 0 saturated heterocycles. The van der Waals surface area contributed by atoms with Crippen LogP contribution in [0.15, 0.2) is 47.4 Å². The maximum absolute atomic E-state index is 13.1. The topological polar surface area (TPSA) is 63.2 Å². The molecule has 1 heterocycles. The lowest BCUT2D eigenvalue weighted by atomic mass is 9.91. The van der Waals surface area contributed by atoms with Crippen molar-refractivity contribution in [2.75, 3.05) is 17.1 Å². The highest BCUT2D eigenvalue weighted by molar-refractivity contribution is 7.86. The van der Waals surface area contributed by atoms with E-state index in [2.05, 4.69) is 37.7 Å². The standard InChI is InChI=1S/C23H28ClN3O2S2/c1-14(2)23(4,5)26-22-25-15(3)21(30-22)16-11-12-19(29-6)20(13-16)31(28)27-18-10-8-7-9-17(18)24/h7-14,27H,1-6H3,(H,25,26). The van der Waals surface area contributed by atoms with Crippen molar-refractivity contribution in [3.8, 4) is 16.2 Å². The summed E-state index contributed by atoms with van der Waals surface area (Å²) in [6.07, 6.45) is 0. The van der Waals surface area contributed by atoms with Crippen LogP contribution in [0.3, 0.4) is 0 Å². The fourth-order valence-corrected chi connectivity index (χ4v) is 5.22. The molecule has 0 bridgehead atoms. The molecule has 0 radical (unpaired) electrons. The Hall–Kier alpha value is -2.09. The number of para-hydroxylation sites is 1. The Bertz CT molecular complexity index is 1100. The summed E-state index contributed by atoms with van der Waals surface area (Å²) >= 11 is 7.81. The number of aryl methyl sites for hydroxylation is 1. The number of nitrogens with zero attached hydrogens (tertiary/aromatic N) is 1. The SMILES string of the molecule is COc1ccc(-c2sc(NC(C)(C)C(C)C)nc2C)cc1S(=O)Nc1ccccc1Cl. The Balaban J connectivity index is 1.94. The van der Waals surface area contributed by atoms with Gasteiger partial charge in [-0.05, 0) is 62.6 Å². The van der Waals surface area contributed by atoms with Crippen molar-refractivity contribution >= 4 is 44.7 Å². The van der Waals surface area contributed by atoms with Gasteiger partial charge in [-0.2, -0.15) is 0 Å². The fourth-order valence-electron chi connectivity index (χ4n) is 2.80. The van der Waals surface area contributed by atoms with E-state index in [4.69, 9.17) is 21.3 Å². The summed E-state index contributed by atoms with van der Waals surface area (Å²) in [4.78, 5) is 6.29. The van der Waals surface area contributed by atoms with Crippen molar-refractivity contribution < 1.29 is 8.95 Å². The predicted molar refractivity (Wildman–Crippen MR) is 133 cm³/mol. The Morgan fingerprint density at radius 3 is 2.55 bits per heavy atom. The van der Waals surface area contributed by atoms with E-state index >= 15 is 0 Å². The Labute approximate surface area is 195 Å². The smallest absolute Gasteiger partial charge is 0.183 e. The molecule has 31 heavy (non-hydrogen) atoms. The van der Waals surface area contributed by atoms with Gasteiger partial charge in [0.25, 0.3) is 0 Å². The van der Waals surface area contributed by atoms with E-state index in [-0.39, 0.29) is 5.54 Å². The minimum atomic E-state index is -1.55. The molecule has 0 amide bonds. The number of aromatic nitrogens is 1. The summed E-state index contributed by atoms with van der Waals surface area (Å²) in [5, 5.41) is 4.92. The summed E-state index contributed by atoms with van der Waals surface area (Å²) in [5.41, 5.74) is 2.39. The van der Waals surface area contributed by atoms with E-state index in [1.165, 1.54) is 0 Å². The molecule has 1 atom stereocenters. The molecule has 0 aliphatic heterocycles. The lowest BCUT2D eigenvalue weighted by Crippen LogP contribution is -2.36. The third-order valence-corrected chi connectivity index (χ3v) is 7.95. The molecule has 3 aromatic rings. The number of anilines is 2. The lowest BCUT2D eigenvalue weighted by molar-refractivity contribution is 0.404. The first-order valence-corrected chi connectivity index (χ1v) is 12.3. The van der Waals surface area contributed by atoms with Crippen LogP contribution in [0.5, 0.6) is 5.75 Å². The number of benzene rings is 2. The zero-order valence-corrected chi connectivity index (χ0v) is 21.0. The second-order valence-corrected chi connectivity index (χ2v) is 10.7. The molecule has 2 N–H and O–H groups in total. The summed E-state index contributed by atoms with van der Waals surface area (Å²) in [6, 6.07) is 12.9. The Morgan fingerprint density at radius 1 is 1.19 bits per heavy atom. The first-order chi connectivity index (χ1) is 14.6. The molecule has 8 heteroatoms. The second-order valence-electron chi connectivity index (χ2n) is 8.15. The molecular weight excluding hydrogens is 450 g/mol. The van der Waals surface area contributed by atoms with Gasteiger partial charge >= 0.3 is 0 Å². The normalized spacial score (nSPS) is 12.6. The molecule has 166 valence electrons. The number of halogens is 1. The van der Waals surface area contributed by atoms with Crippen LogP contribution in [-0.2, 0) is 11.0 Å². The van der Waals surface area contributed by atoms with Gasteiger partial charge in [0, 0.05) is 5.54 Å². The van der Waals surface area contributed by atoms with Gasteiger partial charge in [0.2, 0.25) is 0 Å². The van der Waals surface area contributed by atoms with Gasteiger partial charge < -0.3 is 10.1 Å². The highest BCUT2D eigenvalue weighted by atomic mass is 35.5. The summed E-state index contributed by atoms with van der Waals surface area (Å²) < 4.78 is 21.6. The highest BCUT2D eigenvalue weighted by Gasteiger charge is 2.24. The zero-order valence-electron chi connectivity index (χ0n) is 18.6. The van der Waals surface area contributed by atoms with Gasteiger partial charge in [0.1, 0.15) is 10.6 Å². The number of hydrogen-bond donors (Lipinski definition) is 2. The van der Waals surface area contributed by atoms with Crippen molar-refractivity contribution in [2.24, 2.45) is 5.92 Å². The molecule has 1 unspecified atom stereocenters. The quantitative estimate of drug-likeness (QED) is 0.376. The van der Waals surface area contributed by atoms with E-state index in [1.54, 1.807) is 30.6 Å². The predicted octanol–water partition coefficient (Wildman–Crippen LogP) is 6.76. The molecule has 0 saturated carbocycles. The van der Waals surface area contributed by atoms with E-state index in [0.29, 0.717) is 27.3 Å². The molecule has 0 fully saturated rings. The second kappa shape index (κ2) is 9.59. The monoisotopic (exact) mass is 477 g/mol. The molecular formula is C23H28ClN3O2S2. The van der Waals surface area contributed by atoms with Crippen LogP contribution in [0.25, 0.3) is 10.4 Å². The van der Waals surface area contributed by atoms with Gasteiger partial charge in [-0.25, -0.2) is 9.19 Å². The van der Waals surface area contributed by atoms with Crippen molar-refractivity contribution in [1.82, 2.24) is 4.98 Å². The van der Waals surface area contributed by atoms with Crippen LogP contribution in [0.1, 0.15) is 33.4 Å². The lowest BCUT2D eigenvalue weighted by Gasteiger charge is -2.30. The van der Waals surface area contributed by atoms with Crippen molar-refractivity contribution in [1.29, 1.82) is 0 Å². The molecule has 0 spiro atoms. The molecule has 2 aromatic carbocycles. The van der Waals surface area contributed by atoms with E-state index in [0.717, 1.165) is 21.3 Å². The van der Waals surface area contributed by atoms with Crippen LogP contribution in [0, 0.1) is 12.8 Å². The average Bonchev–Trinajstić information content (AvgIpc) is 3.08. The van der Waals surface area contributed by atoms with E-state index < -0.39 is 11.0 Å². The zero-order chi connectivity index (χ0) is 22.8.